The lowest BCUT2D eigenvalue weighted by molar-refractivity contribution is 0.0597. The number of fused-ring (bicyclic) bond motifs is 1. The highest BCUT2D eigenvalue weighted by atomic mass is 16.5. The number of esters is 1. The Balaban J connectivity index is 2.19. The van der Waals surface area contributed by atoms with Gasteiger partial charge in [-0.05, 0) is 25.1 Å². The van der Waals surface area contributed by atoms with Crippen molar-refractivity contribution < 1.29 is 9.53 Å². The Bertz CT molecular complexity index is 629. The predicted molar refractivity (Wildman–Crippen MR) is 71.2 cm³/mol. The fourth-order valence-electron chi connectivity index (χ4n) is 2.53. The summed E-state index contributed by atoms with van der Waals surface area (Å²) in [4.78, 5) is 16.3. The summed E-state index contributed by atoms with van der Waals surface area (Å²) in [6.07, 6.45) is 2.88. The lowest BCUT2D eigenvalue weighted by Gasteiger charge is -2.07. The Morgan fingerprint density at radius 3 is 3.16 bits per heavy atom. The summed E-state index contributed by atoms with van der Waals surface area (Å²) < 4.78 is 6.72. The van der Waals surface area contributed by atoms with E-state index in [9.17, 15) is 4.79 Å². The molecule has 6 heteroatoms. The summed E-state index contributed by atoms with van der Waals surface area (Å²) in [5.74, 6) is 0.773. The van der Waals surface area contributed by atoms with E-state index in [1.54, 1.807) is 6.07 Å². The average molecular weight is 260 g/mol. The second-order valence-corrected chi connectivity index (χ2v) is 4.72. The van der Waals surface area contributed by atoms with Crippen LogP contribution in [0.4, 0.5) is 5.69 Å². The molecule has 2 aromatic rings. The lowest BCUT2D eigenvalue weighted by Crippen LogP contribution is -2.10. The highest BCUT2D eigenvalue weighted by Gasteiger charge is 2.25. The summed E-state index contributed by atoms with van der Waals surface area (Å²) in [6.45, 7) is 1.85. The van der Waals surface area contributed by atoms with Gasteiger partial charge >= 0.3 is 5.97 Å². The molecular weight excluding hydrogens is 244 g/mol. The van der Waals surface area contributed by atoms with E-state index >= 15 is 0 Å². The largest absolute Gasteiger partial charge is 0.464 e. The molecule has 3 N–H and O–H groups in total. The molecule has 0 aliphatic carbocycles. The minimum Gasteiger partial charge on any atom is -0.464 e. The van der Waals surface area contributed by atoms with Crippen LogP contribution < -0.4 is 11.1 Å². The van der Waals surface area contributed by atoms with Crippen LogP contribution in [0.15, 0.2) is 18.3 Å². The number of ether oxygens (including phenoxy) is 1. The lowest BCUT2D eigenvalue weighted by atomic mass is 10.1. The Hall–Kier alpha value is -2.08. The molecule has 0 bridgehead atoms. The van der Waals surface area contributed by atoms with E-state index in [0.717, 1.165) is 25.3 Å². The van der Waals surface area contributed by atoms with Crippen LogP contribution in [0.5, 0.6) is 0 Å². The number of imidazole rings is 1. The number of hydrogen-bond acceptors (Lipinski definition) is 5. The molecule has 6 nitrogen and oxygen atoms in total. The first-order valence-electron chi connectivity index (χ1n) is 6.27. The number of methoxy groups -OCH3 is 1. The number of nitrogens with two attached hydrogens (primary N) is 1. The zero-order valence-electron chi connectivity index (χ0n) is 10.7. The number of nitrogen functional groups attached to an aromatic ring is 1. The number of anilines is 1. The summed E-state index contributed by atoms with van der Waals surface area (Å²) in [5.41, 5.74) is 7.43. The fraction of sp³-hybridized carbons (Fsp3) is 0.385. The number of carbonyl (C=O) groups excluding carboxylic acids is 1. The van der Waals surface area contributed by atoms with Gasteiger partial charge in [-0.2, -0.15) is 0 Å². The zero-order chi connectivity index (χ0) is 13.4. The number of nitrogens with one attached hydrogen (secondary N) is 1. The van der Waals surface area contributed by atoms with Gasteiger partial charge in [0.1, 0.15) is 5.82 Å². The topological polar surface area (TPSA) is 81.6 Å². The van der Waals surface area contributed by atoms with Gasteiger partial charge in [0.15, 0.2) is 5.69 Å². The van der Waals surface area contributed by atoms with Crippen LogP contribution in [0, 0.1) is 0 Å². The smallest absolute Gasteiger partial charge is 0.358 e. The maximum Gasteiger partial charge on any atom is 0.358 e. The molecule has 1 fully saturated rings. The fourth-order valence-corrected chi connectivity index (χ4v) is 2.53. The first kappa shape index (κ1) is 12.0. The molecule has 1 aliphatic heterocycles. The van der Waals surface area contributed by atoms with Crippen molar-refractivity contribution in [3.8, 4) is 0 Å². The maximum absolute atomic E-state index is 11.8. The Morgan fingerprint density at radius 2 is 2.47 bits per heavy atom. The molecule has 19 heavy (non-hydrogen) atoms. The number of hydrogen-bond donors (Lipinski definition) is 2. The van der Waals surface area contributed by atoms with E-state index in [1.807, 2.05) is 16.7 Å². The number of carbonyl (C=O) groups is 1. The predicted octanol–water partition coefficient (Wildman–Crippen LogP) is 0.780. The third kappa shape index (κ3) is 1.94. The van der Waals surface area contributed by atoms with Crippen LogP contribution in [0.25, 0.3) is 5.52 Å². The van der Waals surface area contributed by atoms with Crippen LogP contribution in [-0.4, -0.2) is 35.6 Å². The average Bonchev–Trinajstić information content (AvgIpc) is 3.03. The van der Waals surface area contributed by atoms with E-state index in [1.165, 1.54) is 7.11 Å². The monoisotopic (exact) mass is 260 g/mol. The van der Waals surface area contributed by atoms with E-state index in [4.69, 9.17) is 10.5 Å². The van der Waals surface area contributed by atoms with Gasteiger partial charge in [-0.1, -0.05) is 0 Å². The summed E-state index contributed by atoms with van der Waals surface area (Å²) in [7, 11) is 1.36. The molecule has 3 heterocycles. The molecule has 0 radical (unpaired) electrons. The van der Waals surface area contributed by atoms with Crippen molar-refractivity contribution in [1.29, 1.82) is 0 Å². The highest BCUT2D eigenvalue weighted by Crippen LogP contribution is 2.26. The van der Waals surface area contributed by atoms with Gasteiger partial charge in [-0.3, -0.25) is 0 Å². The molecule has 1 aliphatic rings. The highest BCUT2D eigenvalue weighted by molar-refractivity contribution is 5.95. The summed E-state index contributed by atoms with van der Waals surface area (Å²) >= 11 is 0. The van der Waals surface area contributed by atoms with Crippen LogP contribution in [0.3, 0.4) is 0 Å². The molecule has 0 spiro atoms. The molecule has 0 amide bonds. The van der Waals surface area contributed by atoms with E-state index in [0.29, 0.717) is 22.8 Å². The van der Waals surface area contributed by atoms with Gasteiger partial charge in [0.05, 0.1) is 12.6 Å². The second-order valence-electron chi connectivity index (χ2n) is 4.72. The number of aromatic nitrogens is 2. The second kappa shape index (κ2) is 4.55. The molecule has 1 unspecified atom stereocenters. The first-order valence-corrected chi connectivity index (χ1v) is 6.27. The molecule has 0 saturated carbocycles. The van der Waals surface area contributed by atoms with Crippen molar-refractivity contribution in [2.75, 3.05) is 25.9 Å². The third-order valence-electron chi connectivity index (χ3n) is 3.50. The van der Waals surface area contributed by atoms with Crippen molar-refractivity contribution in [1.82, 2.24) is 14.7 Å². The molecule has 0 aromatic carbocycles. The van der Waals surface area contributed by atoms with Crippen LogP contribution in [0.2, 0.25) is 0 Å². The van der Waals surface area contributed by atoms with Gasteiger partial charge < -0.3 is 20.2 Å². The quantitative estimate of drug-likeness (QED) is 0.780. The van der Waals surface area contributed by atoms with Crippen molar-refractivity contribution in [2.24, 2.45) is 0 Å². The molecular formula is C13H16N4O2. The molecule has 1 saturated heterocycles. The maximum atomic E-state index is 11.8. The van der Waals surface area contributed by atoms with Gasteiger partial charge in [0.2, 0.25) is 0 Å². The van der Waals surface area contributed by atoms with Gasteiger partial charge in [-0.25, -0.2) is 9.78 Å². The third-order valence-corrected chi connectivity index (χ3v) is 3.50. The van der Waals surface area contributed by atoms with Crippen molar-refractivity contribution >= 4 is 17.2 Å². The first-order chi connectivity index (χ1) is 9.20. The SMILES string of the molecule is COC(=O)c1nc(C2CCNC2)n2ccc(N)cc12. The normalized spacial score (nSPS) is 18.9. The van der Waals surface area contributed by atoms with Crippen molar-refractivity contribution in [3.63, 3.8) is 0 Å². The number of pyridine rings is 1. The van der Waals surface area contributed by atoms with Gasteiger partial charge in [-0.15, -0.1) is 0 Å². The Kier molecular flexibility index (Phi) is 2.87. The van der Waals surface area contributed by atoms with E-state index in [2.05, 4.69) is 10.3 Å². The molecule has 1 atom stereocenters. The summed E-state index contributed by atoms with van der Waals surface area (Å²) in [5, 5.41) is 3.31. The molecule has 3 rings (SSSR count). The van der Waals surface area contributed by atoms with Crippen LogP contribution in [0.1, 0.15) is 28.7 Å². The molecule has 100 valence electrons. The standard InChI is InChI=1S/C13H16N4O2/c1-19-13(18)11-10-6-9(14)3-5-17(10)12(16-11)8-2-4-15-7-8/h3,5-6,8,15H,2,4,7,14H2,1H3. The van der Waals surface area contributed by atoms with E-state index < -0.39 is 5.97 Å². The molecule has 2 aromatic heterocycles. The number of nitrogens with zero attached hydrogens (tertiary/aromatic N) is 2. The van der Waals surface area contributed by atoms with Crippen LogP contribution in [-0.2, 0) is 4.74 Å². The summed E-state index contributed by atoms with van der Waals surface area (Å²) in [6, 6.07) is 3.56. The number of rotatable bonds is 2. The van der Waals surface area contributed by atoms with Crippen LogP contribution >= 0.6 is 0 Å². The van der Waals surface area contributed by atoms with Gasteiger partial charge in [0.25, 0.3) is 0 Å². The zero-order valence-corrected chi connectivity index (χ0v) is 10.7. The minimum absolute atomic E-state index is 0.314. The Morgan fingerprint density at radius 1 is 1.63 bits per heavy atom. The van der Waals surface area contributed by atoms with Crippen molar-refractivity contribution in [2.45, 2.75) is 12.3 Å². The van der Waals surface area contributed by atoms with Gasteiger partial charge in [0, 0.05) is 24.3 Å². The minimum atomic E-state index is -0.430. The van der Waals surface area contributed by atoms with E-state index in [-0.39, 0.29) is 0 Å². The Labute approximate surface area is 110 Å². The van der Waals surface area contributed by atoms with Crippen molar-refractivity contribution in [3.05, 3.63) is 29.8 Å².